The number of esters is 1. The summed E-state index contributed by atoms with van der Waals surface area (Å²) in [7, 11) is 0. The molecule has 0 saturated heterocycles. The third-order valence-corrected chi connectivity index (χ3v) is 3.36. The third-order valence-electron chi connectivity index (χ3n) is 3.17. The van der Waals surface area contributed by atoms with Crippen molar-refractivity contribution in [2.24, 2.45) is 0 Å². The molecule has 1 aromatic carbocycles. The van der Waals surface area contributed by atoms with Crippen molar-refractivity contribution >= 4 is 29.1 Å². The molecule has 6 nitrogen and oxygen atoms in total. The smallest absolute Gasteiger partial charge is 0.307 e. The second-order valence-electron chi connectivity index (χ2n) is 4.88. The molecule has 0 amide bonds. The Balaban J connectivity index is 2.20. The van der Waals surface area contributed by atoms with Gasteiger partial charge in [0.1, 0.15) is 0 Å². The van der Waals surface area contributed by atoms with Crippen LogP contribution in [-0.2, 0) is 16.1 Å². The summed E-state index contributed by atoms with van der Waals surface area (Å²) < 4.78 is 4.98. The molecule has 2 rings (SSSR count). The van der Waals surface area contributed by atoms with Crippen LogP contribution >= 0.6 is 11.6 Å². The fraction of sp³-hybridized carbons (Fsp3) is 0.312. The maximum Gasteiger partial charge on any atom is 0.307 e. The zero-order valence-electron chi connectivity index (χ0n) is 12.9. The number of nitrogen functional groups attached to an aromatic ring is 1. The summed E-state index contributed by atoms with van der Waals surface area (Å²) in [5.41, 5.74) is 7.45. The Hall–Kier alpha value is -2.34. The number of aromatic nitrogens is 2. The zero-order valence-corrected chi connectivity index (χ0v) is 13.7. The number of carbonyl (C=O) groups is 1. The van der Waals surface area contributed by atoms with E-state index in [1.807, 2.05) is 35.2 Å². The van der Waals surface area contributed by atoms with E-state index in [0.29, 0.717) is 31.2 Å². The topological polar surface area (TPSA) is 81.3 Å². The van der Waals surface area contributed by atoms with Gasteiger partial charge in [-0.1, -0.05) is 30.3 Å². The summed E-state index contributed by atoms with van der Waals surface area (Å²) >= 11 is 5.88. The summed E-state index contributed by atoms with van der Waals surface area (Å²) in [6, 6.07) is 9.85. The van der Waals surface area contributed by atoms with Crippen LogP contribution in [0.2, 0.25) is 5.28 Å². The molecule has 0 bridgehead atoms. The van der Waals surface area contributed by atoms with Gasteiger partial charge in [0.2, 0.25) is 5.28 Å². The van der Waals surface area contributed by atoms with E-state index in [0.717, 1.165) is 5.56 Å². The summed E-state index contributed by atoms with van der Waals surface area (Å²) in [5, 5.41) is 0.114. The van der Waals surface area contributed by atoms with E-state index in [1.165, 1.54) is 6.20 Å². The fourth-order valence-corrected chi connectivity index (χ4v) is 2.27. The molecule has 0 saturated carbocycles. The second kappa shape index (κ2) is 8.33. The van der Waals surface area contributed by atoms with E-state index >= 15 is 0 Å². The Morgan fingerprint density at radius 2 is 2.09 bits per heavy atom. The number of ether oxygens (including phenoxy) is 1. The van der Waals surface area contributed by atoms with Crippen LogP contribution in [0.4, 0.5) is 11.5 Å². The zero-order chi connectivity index (χ0) is 16.7. The van der Waals surface area contributed by atoms with Gasteiger partial charge in [-0.05, 0) is 24.1 Å². The number of rotatable bonds is 7. The fourth-order valence-electron chi connectivity index (χ4n) is 2.14. The Bertz CT molecular complexity index is 652. The van der Waals surface area contributed by atoms with Crippen molar-refractivity contribution in [1.82, 2.24) is 9.97 Å². The lowest BCUT2D eigenvalue weighted by atomic mass is 10.2. The van der Waals surface area contributed by atoms with Crippen LogP contribution in [-0.4, -0.2) is 29.1 Å². The lowest BCUT2D eigenvalue weighted by Gasteiger charge is -2.24. The van der Waals surface area contributed by atoms with Gasteiger partial charge in [0.15, 0.2) is 5.82 Å². The van der Waals surface area contributed by atoms with Gasteiger partial charge >= 0.3 is 5.97 Å². The van der Waals surface area contributed by atoms with Crippen molar-refractivity contribution in [3.8, 4) is 0 Å². The highest BCUT2D eigenvalue weighted by atomic mass is 35.5. The van der Waals surface area contributed by atoms with E-state index in [1.54, 1.807) is 6.92 Å². The van der Waals surface area contributed by atoms with E-state index in [9.17, 15) is 4.79 Å². The predicted molar refractivity (Wildman–Crippen MR) is 90.2 cm³/mol. The van der Waals surface area contributed by atoms with Gasteiger partial charge in [0.05, 0.1) is 24.9 Å². The lowest BCUT2D eigenvalue weighted by Crippen LogP contribution is -2.28. The molecule has 0 spiro atoms. The van der Waals surface area contributed by atoms with Crippen LogP contribution in [0.25, 0.3) is 0 Å². The Morgan fingerprint density at radius 3 is 2.78 bits per heavy atom. The summed E-state index contributed by atoms with van der Waals surface area (Å²) in [4.78, 5) is 21.6. The predicted octanol–water partition coefficient (Wildman–Crippen LogP) is 2.67. The summed E-state index contributed by atoms with van der Waals surface area (Å²) in [6.07, 6.45) is 1.70. The number of nitrogens with two attached hydrogens (primary N) is 1. The number of nitrogens with zero attached hydrogens (tertiary/aromatic N) is 3. The molecular weight excluding hydrogens is 316 g/mol. The quantitative estimate of drug-likeness (QED) is 0.619. The van der Waals surface area contributed by atoms with Crippen molar-refractivity contribution in [2.45, 2.75) is 19.9 Å². The van der Waals surface area contributed by atoms with Crippen molar-refractivity contribution in [3.63, 3.8) is 0 Å². The summed E-state index contributed by atoms with van der Waals surface area (Å²) in [6.45, 7) is 3.11. The minimum Gasteiger partial charge on any atom is -0.466 e. The average Bonchev–Trinajstić information content (AvgIpc) is 2.55. The molecule has 0 aliphatic heterocycles. The third kappa shape index (κ3) is 5.10. The van der Waals surface area contributed by atoms with Gasteiger partial charge in [0, 0.05) is 13.1 Å². The molecular formula is C16H19ClN4O2. The summed E-state index contributed by atoms with van der Waals surface area (Å²) in [5.74, 6) is 0.252. The average molecular weight is 335 g/mol. The number of anilines is 2. The molecule has 122 valence electrons. The number of benzene rings is 1. The monoisotopic (exact) mass is 334 g/mol. The first kappa shape index (κ1) is 17.0. The molecule has 1 heterocycles. The molecule has 7 heteroatoms. The second-order valence-corrected chi connectivity index (χ2v) is 5.22. The van der Waals surface area contributed by atoms with E-state index < -0.39 is 0 Å². The van der Waals surface area contributed by atoms with Gasteiger partial charge in [-0.2, -0.15) is 4.98 Å². The lowest BCUT2D eigenvalue weighted by molar-refractivity contribution is -0.142. The highest BCUT2D eigenvalue weighted by molar-refractivity contribution is 6.28. The van der Waals surface area contributed by atoms with Gasteiger partial charge in [0.25, 0.3) is 0 Å². The number of hydrogen-bond acceptors (Lipinski definition) is 6. The van der Waals surface area contributed by atoms with Crippen molar-refractivity contribution in [1.29, 1.82) is 0 Å². The van der Waals surface area contributed by atoms with Crippen molar-refractivity contribution < 1.29 is 9.53 Å². The minimum absolute atomic E-state index is 0.114. The molecule has 1 aromatic heterocycles. The SMILES string of the molecule is CCOC(=O)CCN(Cc1ccccc1)c1nc(Cl)ncc1N. The number of carbonyl (C=O) groups excluding carboxylic acids is 1. The van der Waals surface area contributed by atoms with Gasteiger partial charge < -0.3 is 15.4 Å². The molecule has 2 aromatic rings. The van der Waals surface area contributed by atoms with E-state index in [2.05, 4.69) is 9.97 Å². The first-order valence-corrected chi connectivity index (χ1v) is 7.70. The first-order valence-electron chi connectivity index (χ1n) is 7.32. The Labute approximate surface area is 140 Å². The maximum absolute atomic E-state index is 11.6. The molecule has 0 atom stereocenters. The van der Waals surface area contributed by atoms with Crippen LogP contribution in [0, 0.1) is 0 Å². The van der Waals surface area contributed by atoms with Crippen LogP contribution in [0.15, 0.2) is 36.5 Å². The Morgan fingerprint density at radius 1 is 1.35 bits per heavy atom. The molecule has 0 aliphatic carbocycles. The van der Waals surface area contributed by atoms with Crippen molar-refractivity contribution in [2.75, 3.05) is 23.8 Å². The van der Waals surface area contributed by atoms with Crippen molar-refractivity contribution in [3.05, 3.63) is 47.4 Å². The van der Waals surface area contributed by atoms with E-state index in [-0.39, 0.29) is 17.7 Å². The molecule has 0 aliphatic rings. The molecule has 0 unspecified atom stereocenters. The van der Waals surface area contributed by atoms with Crippen LogP contribution in [0.5, 0.6) is 0 Å². The maximum atomic E-state index is 11.6. The van der Waals surface area contributed by atoms with Gasteiger partial charge in [-0.15, -0.1) is 0 Å². The highest BCUT2D eigenvalue weighted by Crippen LogP contribution is 2.23. The molecule has 2 N–H and O–H groups in total. The highest BCUT2D eigenvalue weighted by Gasteiger charge is 2.15. The molecule has 0 fully saturated rings. The standard InChI is InChI=1S/C16H19ClN4O2/c1-2-23-14(22)8-9-21(11-12-6-4-3-5-7-12)15-13(18)10-19-16(17)20-15/h3-7,10H,2,8-9,11,18H2,1H3. The Kier molecular flexibility index (Phi) is 6.17. The van der Waals surface area contributed by atoms with Crippen LogP contribution < -0.4 is 10.6 Å². The van der Waals surface area contributed by atoms with Gasteiger partial charge in [-0.3, -0.25) is 4.79 Å². The van der Waals surface area contributed by atoms with E-state index in [4.69, 9.17) is 22.1 Å². The number of halogens is 1. The largest absolute Gasteiger partial charge is 0.466 e. The number of hydrogen-bond donors (Lipinski definition) is 1. The molecule has 0 radical (unpaired) electrons. The van der Waals surface area contributed by atoms with Gasteiger partial charge in [-0.25, -0.2) is 4.98 Å². The molecule has 23 heavy (non-hydrogen) atoms. The normalized spacial score (nSPS) is 10.3. The van der Waals surface area contributed by atoms with Crippen LogP contribution in [0.3, 0.4) is 0 Å². The minimum atomic E-state index is -0.260. The first-order chi connectivity index (χ1) is 11.1. The van der Waals surface area contributed by atoms with Crippen LogP contribution in [0.1, 0.15) is 18.9 Å².